The van der Waals surface area contributed by atoms with E-state index in [0.717, 1.165) is 18.8 Å². The first-order valence-electron chi connectivity index (χ1n) is 6.83. The smallest absolute Gasteiger partial charge is 0.293 e. The Kier molecular flexibility index (Phi) is 4.12. The third-order valence-corrected chi connectivity index (χ3v) is 3.74. The zero-order chi connectivity index (χ0) is 15.7. The van der Waals surface area contributed by atoms with Gasteiger partial charge in [-0.25, -0.2) is 9.97 Å². The van der Waals surface area contributed by atoms with Crippen LogP contribution in [-0.2, 0) is 7.05 Å². The lowest BCUT2D eigenvalue weighted by molar-refractivity contribution is 0.0386. The van der Waals surface area contributed by atoms with E-state index in [2.05, 4.69) is 43.2 Å². The van der Waals surface area contributed by atoms with Gasteiger partial charge in [-0.1, -0.05) is 0 Å². The van der Waals surface area contributed by atoms with E-state index < -0.39 is 0 Å². The van der Waals surface area contributed by atoms with Crippen molar-refractivity contribution in [1.82, 2.24) is 19.4 Å². The van der Waals surface area contributed by atoms with Crippen molar-refractivity contribution in [3.63, 3.8) is 0 Å². The number of hydrogen-bond acceptors (Lipinski definition) is 6. The molecule has 8 heteroatoms. The molecule has 3 heterocycles. The van der Waals surface area contributed by atoms with Crippen LogP contribution < -0.4 is 15.6 Å². The van der Waals surface area contributed by atoms with Gasteiger partial charge in [-0.15, -0.1) is 0 Å². The fraction of sp³-hybridized carbons (Fsp3) is 0.357. The average Bonchev–Trinajstić information content (AvgIpc) is 2.44. The van der Waals surface area contributed by atoms with Gasteiger partial charge in [-0.2, -0.15) is 0 Å². The van der Waals surface area contributed by atoms with Gasteiger partial charge >= 0.3 is 0 Å². The number of nitrogens with one attached hydrogen (secondary N) is 1. The number of anilines is 2. The molecule has 22 heavy (non-hydrogen) atoms. The number of ether oxygens (including phenoxy) is 1. The number of likely N-dealkylation sites (tertiary alicyclic amines) is 1. The Bertz CT molecular complexity index is 725. The number of rotatable bonds is 4. The van der Waals surface area contributed by atoms with Crippen LogP contribution in [0.4, 0.5) is 11.6 Å². The van der Waals surface area contributed by atoms with Crippen molar-refractivity contribution in [3.05, 3.63) is 39.5 Å². The predicted octanol–water partition coefficient (Wildman–Crippen LogP) is 1.37. The second kappa shape index (κ2) is 6.05. The molecule has 1 saturated heterocycles. The molecule has 0 unspecified atom stereocenters. The van der Waals surface area contributed by atoms with Gasteiger partial charge in [0.15, 0.2) is 5.82 Å². The molecule has 0 spiro atoms. The highest BCUT2D eigenvalue weighted by Crippen LogP contribution is 2.18. The highest BCUT2D eigenvalue weighted by atomic mass is 79.9. The lowest BCUT2D eigenvalue weighted by Crippen LogP contribution is -2.51. The van der Waals surface area contributed by atoms with Crippen LogP contribution in [0.25, 0.3) is 0 Å². The van der Waals surface area contributed by atoms with Crippen molar-refractivity contribution in [2.45, 2.75) is 6.10 Å². The summed E-state index contributed by atoms with van der Waals surface area (Å²) in [7, 11) is 3.72. The lowest BCUT2D eigenvalue weighted by Gasteiger charge is -2.35. The Morgan fingerprint density at radius 3 is 2.77 bits per heavy atom. The van der Waals surface area contributed by atoms with Crippen LogP contribution in [0.1, 0.15) is 0 Å². The van der Waals surface area contributed by atoms with Crippen LogP contribution >= 0.6 is 15.9 Å². The van der Waals surface area contributed by atoms with Gasteiger partial charge in [0, 0.05) is 26.3 Å². The molecule has 7 nitrogen and oxygen atoms in total. The van der Waals surface area contributed by atoms with Gasteiger partial charge in [0.05, 0.1) is 6.20 Å². The third-order valence-electron chi connectivity index (χ3n) is 3.36. The van der Waals surface area contributed by atoms with Gasteiger partial charge in [0.1, 0.15) is 22.3 Å². The number of halogens is 1. The first kappa shape index (κ1) is 15.0. The van der Waals surface area contributed by atoms with E-state index in [9.17, 15) is 4.79 Å². The van der Waals surface area contributed by atoms with E-state index >= 15 is 0 Å². The van der Waals surface area contributed by atoms with Gasteiger partial charge in [-0.3, -0.25) is 9.69 Å². The number of aryl methyl sites for hydroxylation is 1. The van der Waals surface area contributed by atoms with Crippen molar-refractivity contribution >= 4 is 27.6 Å². The highest BCUT2D eigenvalue weighted by Gasteiger charge is 2.24. The van der Waals surface area contributed by atoms with Gasteiger partial charge < -0.3 is 14.6 Å². The molecule has 1 aliphatic heterocycles. The molecule has 0 atom stereocenters. The largest absolute Gasteiger partial charge is 0.486 e. The molecule has 1 N–H and O–H groups in total. The molecule has 0 aliphatic carbocycles. The minimum absolute atomic E-state index is 0.220. The second-order valence-corrected chi connectivity index (χ2v) is 6.11. The van der Waals surface area contributed by atoms with Crippen LogP contribution in [0.3, 0.4) is 0 Å². The second-order valence-electron chi connectivity index (χ2n) is 5.29. The van der Waals surface area contributed by atoms with E-state index in [-0.39, 0.29) is 17.5 Å². The van der Waals surface area contributed by atoms with Crippen molar-refractivity contribution in [3.8, 4) is 5.75 Å². The van der Waals surface area contributed by atoms with Crippen molar-refractivity contribution in [2.24, 2.45) is 7.05 Å². The van der Waals surface area contributed by atoms with Crippen LogP contribution in [0.5, 0.6) is 5.75 Å². The number of hydrogen-bond donors (Lipinski definition) is 1. The summed E-state index contributed by atoms with van der Waals surface area (Å²) < 4.78 is 7.79. The summed E-state index contributed by atoms with van der Waals surface area (Å²) in [6, 6.07) is 3.59. The van der Waals surface area contributed by atoms with E-state index in [1.54, 1.807) is 25.5 Å². The molecular formula is C14H16BrN5O2. The molecule has 0 radical (unpaired) electrons. The van der Waals surface area contributed by atoms with E-state index in [0.29, 0.717) is 10.4 Å². The summed E-state index contributed by atoms with van der Waals surface area (Å²) in [5, 5.41) is 2.92. The zero-order valence-electron chi connectivity index (χ0n) is 12.3. The Labute approximate surface area is 136 Å². The van der Waals surface area contributed by atoms with E-state index in [1.807, 2.05) is 6.07 Å². The van der Waals surface area contributed by atoms with Gasteiger partial charge in [0.25, 0.3) is 5.56 Å². The molecule has 2 aromatic rings. The Morgan fingerprint density at radius 2 is 2.14 bits per heavy atom. The molecule has 0 aromatic carbocycles. The molecule has 0 bridgehead atoms. The third kappa shape index (κ3) is 3.28. The normalized spacial score (nSPS) is 15.4. The molecule has 1 aliphatic rings. The summed E-state index contributed by atoms with van der Waals surface area (Å²) in [6.07, 6.45) is 3.47. The summed E-state index contributed by atoms with van der Waals surface area (Å²) in [5.74, 6) is 1.48. The number of nitrogens with zero attached hydrogens (tertiary/aromatic N) is 4. The van der Waals surface area contributed by atoms with Crippen LogP contribution in [-0.4, -0.2) is 45.7 Å². The highest BCUT2D eigenvalue weighted by molar-refractivity contribution is 9.10. The maximum atomic E-state index is 12.0. The van der Waals surface area contributed by atoms with E-state index in [4.69, 9.17) is 4.74 Å². The average molecular weight is 366 g/mol. The summed E-state index contributed by atoms with van der Waals surface area (Å²) >= 11 is 3.26. The molecule has 116 valence electrons. The first-order chi connectivity index (χ1) is 10.5. The number of likely N-dealkylation sites (N-methyl/N-ethyl adjacent to an activating group) is 1. The maximum absolute atomic E-state index is 12.0. The monoisotopic (exact) mass is 365 g/mol. The van der Waals surface area contributed by atoms with Gasteiger partial charge in [0.2, 0.25) is 0 Å². The Hall–Kier alpha value is -1.93. The number of aromatic nitrogens is 3. The summed E-state index contributed by atoms with van der Waals surface area (Å²) in [6.45, 7) is 1.86. The standard InChI is InChI=1S/C14H16BrN5O2/c1-19-6-10(7-19)22-9-3-4-12(16-5-9)18-13-14(21)20(2)8-11(15)17-13/h3-5,8,10H,6-7H2,1-2H3,(H,16,17,18). The Morgan fingerprint density at radius 1 is 1.36 bits per heavy atom. The van der Waals surface area contributed by atoms with Crippen LogP contribution in [0.2, 0.25) is 0 Å². The number of pyridine rings is 1. The zero-order valence-corrected chi connectivity index (χ0v) is 13.9. The summed E-state index contributed by atoms with van der Waals surface area (Å²) in [5.41, 5.74) is -0.220. The predicted molar refractivity (Wildman–Crippen MR) is 86.6 cm³/mol. The minimum Gasteiger partial charge on any atom is -0.486 e. The summed E-state index contributed by atoms with van der Waals surface area (Å²) in [4.78, 5) is 22.5. The molecule has 3 rings (SSSR count). The van der Waals surface area contributed by atoms with Crippen LogP contribution in [0.15, 0.2) is 33.9 Å². The van der Waals surface area contributed by atoms with Gasteiger partial charge in [-0.05, 0) is 35.1 Å². The van der Waals surface area contributed by atoms with E-state index in [1.165, 1.54) is 4.57 Å². The van der Waals surface area contributed by atoms with Crippen molar-refractivity contribution < 1.29 is 4.74 Å². The molecule has 0 saturated carbocycles. The Balaban J connectivity index is 1.70. The van der Waals surface area contributed by atoms with Crippen molar-refractivity contribution in [2.75, 3.05) is 25.5 Å². The SMILES string of the molecule is CN1CC(Oc2ccc(Nc3nc(Br)cn(C)c3=O)nc2)C1. The fourth-order valence-corrected chi connectivity index (χ4v) is 2.69. The van der Waals surface area contributed by atoms with Crippen molar-refractivity contribution in [1.29, 1.82) is 0 Å². The molecule has 0 amide bonds. The first-order valence-corrected chi connectivity index (χ1v) is 7.62. The minimum atomic E-state index is -0.220. The molecule has 1 fully saturated rings. The molecular weight excluding hydrogens is 350 g/mol. The lowest BCUT2D eigenvalue weighted by atomic mass is 10.2. The fourth-order valence-electron chi connectivity index (χ4n) is 2.20. The van der Waals surface area contributed by atoms with Crippen LogP contribution in [0, 0.1) is 0 Å². The molecule has 2 aromatic heterocycles. The maximum Gasteiger partial charge on any atom is 0.293 e. The quantitative estimate of drug-likeness (QED) is 0.882. The topological polar surface area (TPSA) is 72.3 Å².